The summed E-state index contributed by atoms with van der Waals surface area (Å²) in [5.41, 5.74) is 1.98. The standard InChI is InChI=1S/C26H36N4O5/c1-6-11-27-26(33)29(4)15-23-17(2)14-30(18(3)16-31)25(32)22-12-20(13-28-24(22)35-23)19-7-9-21(34-5)10-8-19/h7-10,12-13,17-18,23,31H,6,11,14-16H2,1-5H3,(H,27,33)/t17-,18+,23-/m1/s1. The predicted octanol–water partition coefficient (Wildman–Crippen LogP) is 3.03. The van der Waals surface area contributed by atoms with Crippen LogP contribution in [0.4, 0.5) is 4.79 Å². The van der Waals surface area contributed by atoms with Crippen LogP contribution < -0.4 is 14.8 Å². The van der Waals surface area contributed by atoms with Crippen LogP contribution in [0.25, 0.3) is 11.1 Å². The van der Waals surface area contributed by atoms with Gasteiger partial charge in [0.15, 0.2) is 0 Å². The molecule has 3 amide bonds. The molecule has 190 valence electrons. The van der Waals surface area contributed by atoms with Crippen molar-refractivity contribution >= 4 is 11.9 Å². The monoisotopic (exact) mass is 484 g/mol. The van der Waals surface area contributed by atoms with Gasteiger partial charge in [0.1, 0.15) is 17.4 Å². The number of aliphatic hydroxyl groups is 1. The van der Waals surface area contributed by atoms with E-state index in [1.807, 2.05) is 45.0 Å². The summed E-state index contributed by atoms with van der Waals surface area (Å²) < 4.78 is 11.5. The van der Waals surface area contributed by atoms with Gasteiger partial charge in [0.2, 0.25) is 5.88 Å². The molecule has 2 heterocycles. The molecule has 1 aliphatic rings. The predicted molar refractivity (Wildman–Crippen MR) is 134 cm³/mol. The molecule has 1 aromatic carbocycles. The summed E-state index contributed by atoms with van der Waals surface area (Å²) in [5, 5.41) is 12.7. The van der Waals surface area contributed by atoms with Crippen molar-refractivity contribution in [3.05, 3.63) is 42.1 Å². The number of hydrogen-bond donors (Lipinski definition) is 2. The lowest BCUT2D eigenvalue weighted by Gasteiger charge is -2.37. The molecule has 1 aliphatic heterocycles. The van der Waals surface area contributed by atoms with E-state index in [0.29, 0.717) is 25.2 Å². The molecule has 9 nitrogen and oxygen atoms in total. The van der Waals surface area contributed by atoms with Gasteiger partial charge in [0, 0.05) is 37.8 Å². The highest BCUT2D eigenvalue weighted by atomic mass is 16.5. The first kappa shape index (κ1) is 26.3. The third kappa shape index (κ3) is 6.22. The first-order valence-corrected chi connectivity index (χ1v) is 12.0. The molecule has 0 unspecified atom stereocenters. The number of nitrogens with zero attached hydrogens (tertiary/aromatic N) is 3. The summed E-state index contributed by atoms with van der Waals surface area (Å²) in [6, 6.07) is 8.72. The Hall–Kier alpha value is -3.33. The number of benzene rings is 1. The molecule has 1 aromatic heterocycles. The molecule has 0 fully saturated rings. The fourth-order valence-corrected chi connectivity index (χ4v) is 3.98. The van der Waals surface area contributed by atoms with Gasteiger partial charge in [0.05, 0.1) is 26.3 Å². The van der Waals surface area contributed by atoms with Crippen molar-refractivity contribution in [3.63, 3.8) is 0 Å². The normalized spacial score (nSPS) is 18.6. The van der Waals surface area contributed by atoms with E-state index >= 15 is 0 Å². The van der Waals surface area contributed by atoms with Crippen LogP contribution >= 0.6 is 0 Å². The molecule has 0 bridgehead atoms. The molecule has 0 saturated carbocycles. The Kier molecular flexibility index (Phi) is 8.92. The molecule has 2 N–H and O–H groups in total. The lowest BCUT2D eigenvalue weighted by Crippen LogP contribution is -2.51. The van der Waals surface area contributed by atoms with Crippen molar-refractivity contribution in [2.24, 2.45) is 5.92 Å². The molecule has 0 spiro atoms. The molecule has 2 aromatic rings. The van der Waals surface area contributed by atoms with Crippen LogP contribution in [0.15, 0.2) is 36.5 Å². The van der Waals surface area contributed by atoms with Gasteiger partial charge in [-0.1, -0.05) is 26.0 Å². The maximum atomic E-state index is 13.6. The minimum absolute atomic E-state index is 0.106. The maximum Gasteiger partial charge on any atom is 0.317 e. The Bertz CT molecular complexity index is 1010. The summed E-state index contributed by atoms with van der Waals surface area (Å²) in [6.07, 6.45) is 2.13. The van der Waals surface area contributed by atoms with E-state index in [4.69, 9.17) is 9.47 Å². The highest BCUT2D eigenvalue weighted by Gasteiger charge is 2.34. The van der Waals surface area contributed by atoms with Gasteiger partial charge >= 0.3 is 6.03 Å². The Morgan fingerprint density at radius 1 is 1.34 bits per heavy atom. The summed E-state index contributed by atoms with van der Waals surface area (Å²) >= 11 is 0. The van der Waals surface area contributed by atoms with Gasteiger partial charge in [-0.25, -0.2) is 9.78 Å². The number of pyridine rings is 1. The minimum Gasteiger partial charge on any atom is -0.497 e. The van der Waals surface area contributed by atoms with Gasteiger partial charge in [-0.15, -0.1) is 0 Å². The number of aromatic nitrogens is 1. The van der Waals surface area contributed by atoms with E-state index < -0.39 is 6.10 Å². The van der Waals surface area contributed by atoms with Gasteiger partial charge in [-0.3, -0.25) is 4.79 Å². The van der Waals surface area contributed by atoms with Gasteiger partial charge in [-0.2, -0.15) is 0 Å². The van der Waals surface area contributed by atoms with Crippen LogP contribution in [0, 0.1) is 5.92 Å². The molecule has 0 radical (unpaired) electrons. The van der Waals surface area contributed by atoms with Crippen molar-refractivity contribution in [1.29, 1.82) is 0 Å². The average molecular weight is 485 g/mol. The maximum absolute atomic E-state index is 13.6. The van der Waals surface area contributed by atoms with Crippen LogP contribution in [-0.2, 0) is 0 Å². The van der Waals surface area contributed by atoms with Crippen LogP contribution in [0.2, 0.25) is 0 Å². The highest BCUT2D eigenvalue weighted by molar-refractivity contribution is 5.98. The number of fused-ring (bicyclic) bond motifs is 1. The van der Waals surface area contributed by atoms with E-state index in [0.717, 1.165) is 23.3 Å². The van der Waals surface area contributed by atoms with Gasteiger partial charge in [-0.05, 0) is 37.1 Å². The Morgan fingerprint density at radius 2 is 2.06 bits per heavy atom. The van der Waals surface area contributed by atoms with E-state index in [9.17, 15) is 14.7 Å². The minimum atomic E-state index is -0.396. The molecule has 0 aliphatic carbocycles. The first-order chi connectivity index (χ1) is 16.8. The van der Waals surface area contributed by atoms with E-state index in [1.165, 1.54) is 0 Å². The lowest BCUT2D eigenvalue weighted by atomic mass is 9.99. The van der Waals surface area contributed by atoms with Crippen molar-refractivity contribution in [3.8, 4) is 22.8 Å². The largest absolute Gasteiger partial charge is 0.497 e. The molecular weight excluding hydrogens is 448 g/mol. The fourth-order valence-electron chi connectivity index (χ4n) is 3.98. The van der Waals surface area contributed by atoms with Crippen LogP contribution in [-0.4, -0.2) is 84.4 Å². The third-order valence-corrected chi connectivity index (χ3v) is 6.27. The number of carbonyl (C=O) groups excluding carboxylic acids is 2. The van der Waals surface area contributed by atoms with Crippen molar-refractivity contribution in [2.75, 3.05) is 40.4 Å². The summed E-state index contributed by atoms with van der Waals surface area (Å²) in [6.45, 7) is 6.92. The molecule has 35 heavy (non-hydrogen) atoms. The van der Waals surface area contributed by atoms with Crippen LogP contribution in [0.1, 0.15) is 37.6 Å². The zero-order valence-corrected chi connectivity index (χ0v) is 21.2. The number of aliphatic hydroxyl groups excluding tert-OH is 1. The molecular formula is C26H36N4O5. The Balaban J connectivity index is 1.96. The average Bonchev–Trinajstić information content (AvgIpc) is 2.88. The quantitative estimate of drug-likeness (QED) is 0.597. The molecule has 3 rings (SSSR count). The number of hydrogen-bond acceptors (Lipinski definition) is 6. The third-order valence-electron chi connectivity index (χ3n) is 6.27. The van der Waals surface area contributed by atoms with Crippen molar-refractivity contribution in [2.45, 2.75) is 39.3 Å². The summed E-state index contributed by atoms with van der Waals surface area (Å²) in [7, 11) is 3.33. The fraction of sp³-hybridized carbons (Fsp3) is 0.500. The van der Waals surface area contributed by atoms with Crippen LogP contribution in [0.5, 0.6) is 11.6 Å². The highest BCUT2D eigenvalue weighted by Crippen LogP contribution is 2.31. The molecule has 3 atom stereocenters. The molecule has 9 heteroatoms. The van der Waals surface area contributed by atoms with Gasteiger partial charge < -0.3 is 29.7 Å². The number of ether oxygens (including phenoxy) is 2. The van der Waals surface area contributed by atoms with Crippen LogP contribution in [0.3, 0.4) is 0 Å². The number of likely N-dealkylation sites (N-methyl/N-ethyl adjacent to an activating group) is 1. The second-order valence-electron chi connectivity index (χ2n) is 9.04. The van der Waals surface area contributed by atoms with E-state index in [1.54, 1.807) is 36.2 Å². The Labute approximate surface area is 207 Å². The van der Waals surface area contributed by atoms with E-state index in [2.05, 4.69) is 10.3 Å². The zero-order chi connectivity index (χ0) is 25.5. The topological polar surface area (TPSA) is 104 Å². The Morgan fingerprint density at radius 3 is 2.69 bits per heavy atom. The number of rotatable bonds is 8. The number of nitrogens with one attached hydrogen (secondary N) is 1. The number of urea groups is 1. The SMILES string of the molecule is CCCNC(=O)N(C)C[C@H]1Oc2ncc(-c3ccc(OC)cc3)cc2C(=O)N([C@@H](C)CO)C[C@H]1C. The second kappa shape index (κ2) is 11.9. The van der Waals surface area contributed by atoms with Gasteiger partial charge in [0.25, 0.3) is 5.91 Å². The second-order valence-corrected chi connectivity index (χ2v) is 9.04. The lowest BCUT2D eigenvalue weighted by molar-refractivity contribution is 0.0352. The zero-order valence-electron chi connectivity index (χ0n) is 21.2. The number of methoxy groups -OCH3 is 1. The van der Waals surface area contributed by atoms with Crippen molar-refractivity contribution < 1.29 is 24.2 Å². The smallest absolute Gasteiger partial charge is 0.317 e. The van der Waals surface area contributed by atoms with E-state index in [-0.39, 0.29) is 36.4 Å². The number of amides is 3. The molecule has 0 saturated heterocycles. The number of carbonyl (C=O) groups is 2. The summed E-state index contributed by atoms with van der Waals surface area (Å²) in [4.78, 5) is 33.8. The summed E-state index contributed by atoms with van der Waals surface area (Å²) in [5.74, 6) is 0.606. The first-order valence-electron chi connectivity index (χ1n) is 12.0. The van der Waals surface area contributed by atoms with Crippen molar-refractivity contribution in [1.82, 2.24) is 20.1 Å².